The number of nitrogens with zero attached hydrogens (tertiary/aromatic N) is 5. The molecule has 2 aliphatic heterocycles. The molecule has 5 heterocycles. The number of hydrogen-bond donors (Lipinski definition) is 1. The summed E-state index contributed by atoms with van der Waals surface area (Å²) in [5, 5.41) is 4.62. The van der Waals surface area contributed by atoms with Crippen molar-refractivity contribution in [1.29, 1.82) is 0 Å². The molecular weight excluding hydrogens is 450 g/mol. The Morgan fingerprint density at radius 1 is 1.09 bits per heavy atom. The standard InChI is InChI=1S/C25H33N5OS2/c1-28-8-2-3-23(28)25-27-22(16-33-25)21-15-30(32)24-20(21)13-18(14-26-24)17-4-6-19(7-5-17)29-9-11-31-12-10-29/h13-17,19,23,32H,2-12H2,1H3/t17-,19-,23?. The first-order valence-corrected chi connectivity index (χ1v) is 13.6. The van der Waals surface area contributed by atoms with Crippen LogP contribution in [0, 0.1) is 0 Å². The van der Waals surface area contributed by atoms with E-state index in [0.29, 0.717) is 12.0 Å². The van der Waals surface area contributed by atoms with Crippen LogP contribution in [0.25, 0.3) is 22.3 Å². The highest BCUT2D eigenvalue weighted by Gasteiger charge is 2.29. The normalized spacial score (nSPS) is 27.5. The van der Waals surface area contributed by atoms with Gasteiger partial charge in [-0.2, -0.15) is 0 Å². The van der Waals surface area contributed by atoms with E-state index in [1.807, 2.05) is 3.97 Å². The van der Waals surface area contributed by atoms with E-state index in [1.54, 1.807) is 11.3 Å². The van der Waals surface area contributed by atoms with Crippen LogP contribution in [0.5, 0.6) is 0 Å². The lowest BCUT2D eigenvalue weighted by Crippen LogP contribution is -2.44. The van der Waals surface area contributed by atoms with Crippen molar-refractivity contribution in [3.05, 3.63) is 34.4 Å². The summed E-state index contributed by atoms with van der Waals surface area (Å²) in [5.74, 6) is 0.591. The molecule has 1 atom stereocenters. The molecule has 2 saturated heterocycles. The molecule has 3 fully saturated rings. The van der Waals surface area contributed by atoms with E-state index in [1.165, 1.54) is 54.5 Å². The number of thiazole rings is 1. The zero-order valence-electron chi connectivity index (χ0n) is 19.3. The number of likely N-dealkylation sites (tertiary alicyclic amines) is 1. The highest BCUT2D eigenvalue weighted by Crippen LogP contribution is 2.39. The molecule has 6 nitrogen and oxygen atoms in total. The zero-order valence-corrected chi connectivity index (χ0v) is 21.0. The van der Waals surface area contributed by atoms with Gasteiger partial charge < -0.3 is 4.74 Å². The second-order valence-electron chi connectivity index (χ2n) is 9.89. The molecule has 3 aromatic rings. The number of hydrogen-bond acceptors (Lipinski definition) is 7. The minimum absolute atomic E-state index is 0.462. The van der Waals surface area contributed by atoms with E-state index in [9.17, 15) is 0 Å². The van der Waals surface area contributed by atoms with Crippen molar-refractivity contribution in [2.24, 2.45) is 0 Å². The largest absolute Gasteiger partial charge is 0.379 e. The lowest BCUT2D eigenvalue weighted by Gasteiger charge is -2.38. The summed E-state index contributed by atoms with van der Waals surface area (Å²) in [7, 11) is 2.21. The van der Waals surface area contributed by atoms with E-state index >= 15 is 0 Å². The summed E-state index contributed by atoms with van der Waals surface area (Å²) >= 11 is 6.46. The third kappa shape index (κ3) is 4.25. The first kappa shape index (κ1) is 22.0. The Bertz CT molecular complexity index is 1110. The molecule has 0 bridgehead atoms. The van der Waals surface area contributed by atoms with Gasteiger partial charge in [-0.1, -0.05) is 12.8 Å². The van der Waals surface area contributed by atoms with Crippen LogP contribution in [0.1, 0.15) is 61.1 Å². The average molecular weight is 484 g/mol. The van der Waals surface area contributed by atoms with Crippen LogP contribution in [-0.4, -0.2) is 69.7 Å². The van der Waals surface area contributed by atoms with Crippen molar-refractivity contribution >= 4 is 35.2 Å². The minimum Gasteiger partial charge on any atom is -0.379 e. The number of fused-ring (bicyclic) bond motifs is 1. The van der Waals surface area contributed by atoms with Gasteiger partial charge in [0.05, 0.1) is 24.9 Å². The fraction of sp³-hybridized carbons (Fsp3) is 0.600. The summed E-state index contributed by atoms with van der Waals surface area (Å²) in [6.45, 7) is 5.12. The first-order chi connectivity index (χ1) is 16.2. The second-order valence-corrected chi connectivity index (χ2v) is 11.2. The third-order valence-corrected chi connectivity index (χ3v) is 9.23. The maximum Gasteiger partial charge on any atom is 0.150 e. The lowest BCUT2D eigenvalue weighted by molar-refractivity contribution is 0.00729. The maximum atomic E-state index is 5.54. The molecule has 0 N–H and O–H groups in total. The second kappa shape index (κ2) is 9.30. The Labute approximate surface area is 205 Å². The van der Waals surface area contributed by atoms with Crippen molar-refractivity contribution in [2.45, 2.75) is 56.5 Å². The molecule has 0 amide bonds. The van der Waals surface area contributed by atoms with Crippen molar-refractivity contribution in [2.75, 3.05) is 39.9 Å². The number of thiol groups is 1. The van der Waals surface area contributed by atoms with Crippen molar-refractivity contribution in [3.63, 3.8) is 0 Å². The number of aromatic nitrogens is 3. The van der Waals surface area contributed by atoms with Crippen molar-refractivity contribution in [3.8, 4) is 11.3 Å². The van der Waals surface area contributed by atoms with E-state index in [2.05, 4.69) is 53.5 Å². The molecule has 6 rings (SSSR count). The molecular formula is C25H33N5OS2. The predicted octanol–water partition coefficient (Wildman–Crippen LogP) is 4.98. The topological polar surface area (TPSA) is 46.4 Å². The Morgan fingerprint density at radius 3 is 2.67 bits per heavy atom. The summed E-state index contributed by atoms with van der Waals surface area (Å²) < 4.78 is 7.39. The van der Waals surface area contributed by atoms with E-state index in [-0.39, 0.29) is 0 Å². The van der Waals surface area contributed by atoms with E-state index < -0.39 is 0 Å². The highest BCUT2D eigenvalue weighted by molar-refractivity contribution is 7.78. The molecule has 33 heavy (non-hydrogen) atoms. The van der Waals surface area contributed by atoms with Crippen LogP contribution in [-0.2, 0) is 4.74 Å². The number of pyridine rings is 1. The minimum atomic E-state index is 0.462. The SMILES string of the molecule is CN1CCCC1c1nc(-c2cn(S)c3ncc([C@H]4CC[C@H](N5CCOCC5)CC4)cc23)cs1. The lowest BCUT2D eigenvalue weighted by atomic mass is 9.81. The van der Waals surface area contributed by atoms with Gasteiger partial charge in [-0.15, -0.1) is 11.3 Å². The van der Waals surface area contributed by atoms with Gasteiger partial charge in [0, 0.05) is 47.9 Å². The van der Waals surface area contributed by atoms with Gasteiger partial charge in [-0.05, 0) is 69.7 Å². The van der Waals surface area contributed by atoms with Gasteiger partial charge in [0.2, 0.25) is 0 Å². The van der Waals surface area contributed by atoms with E-state index in [4.69, 9.17) is 14.7 Å². The van der Waals surface area contributed by atoms with Gasteiger partial charge in [0.15, 0.2) is 0 Å². The number of rotatable bonds is 4. The molecule has 0 spiro atoms. The zero-order chi connectivity index (χ0) is 22.4. The first-order valence-electron chi connectivity index (χ1n) is 12.4. The fourth-order valence-corrected chi connectivity index (χ4v) is 7.33. The van der Waals surface area contributed by atoms with Crippen LogP contribution in [0.4, 0.5) is 0 Å². The van der Waals surface area contributed by atoms with Gasteiger partial charge in [-0.3, -0.25) is 13.8 Å². The Hall–Kier alpha value is -1.45. The molecule has 3 aliphatic rings. The average Bonchev–Trinajstić information content (AvgIpc) is 3.58. The molecule has 0 aromatic carbocycles. The van der Waals surface area contributed by atoms with Gasteiger partial charge >= 0.3 is 0 Å². The monoisotopic (exact) mass is 483 g/mol. The molecule has 0 radical (unpaired) electrons. The quantitative estimate of drug-likeness (QED) is 0.531. The molecule has 176 valence electrons. The third-order valence-electron chi connectivity index (χ3n) is 7.98. The van der Waals surface area contributed by atoms with Crippen LogP contribution in [0.2, 0.25) is 0 Å². The molecule has 1 saturated carbocycles. The van der Waals surface area contributed by atoms with Gasteiger partial charge in [0.25, 0.3) is 0 Å². The summed E-state index contributed by atoms with van der Waals surface area (Å²) in [6.07, 6.45) is 11.6. The fourth-order valence-electron chi connectivity index (χ4n) is 6.04. The summed E-state index contributed by atoms with van der Waals surface area (Å²) in [6, 6.07) is 3.55. The molecule has 8 heteroatoms. The Morgan fingerprint density at radius 2 is 1.91 bits per heavy atom. The Kier molecular flexibility index (Phi) is 6.21. The van der Waals surface area contributed by atoms with E-state index in [0.717, 1.165) is 55.8 Å². The number of ether oxygens (including phenoxy) is 1. The predicted molar refractivity (Wildman–Crippen MR) is 137 cm³/mol. The van der Waals surface area contributed by atoms with Crippen LogP contribution in [0.3, 0.4) is 0 Å². The molecule has 3 aromatic heterocycles. The van der Waals surface area contributed by atoms with Crippen LogP contribution >= 0.6 is 24.2 Å². The van der Waals surface area contributed by atoms with Crippen molar-refractivity contribution in [1.82, 2.24) is 23.7 Å². The number of morpholine rings is 1. The van der Waals surface area contributed by atoms with Gasteiger partial charge in [-0.25, -0.2) is 9.97 Å². The maximum absolute atomic E-state index is 5.54. The molecule has 1 unspecified atom stereocenters. The summed E-state index contributed by atoms with van der Waals surface area (Å²) in [4.78, 5) is 15.0. The van der Waals surface area contributed by atoms with Crippen LogP contribution < -0.4 is 0 Å². The van der Waals surface area contributed by atoms with Crippen molar-refractivity contribution < 1.29 is 4.74 Å². The summed E-state index contributed by atoms with van der Waals surface area (Å²) in [5.41, 5.74) is 4.50. The highest BCUT2D eigenvalue weighted by atomic mass is 32.1. The van der Waals surface area contributed by atoms with Gasteiger partial charge in [0.1, 0.15) is 10.7 Å². The molecule has 1 aliphatic carbocycles. The Balaban J connectivity index is 1.23. The smallest absolute Gasteiger partial charge is 0.150 e. The van der Waals surface area contributed by atoms with Crippen LogP contribution in [0.15, 0.2) is 23.8 Å².